The second kappa shape index (κ2) is 10.5. The zero-order valence-corrected chi connectivity index (χ0v) is 23.6. The fourth-order valence-electron chi connectivity index (χ4n) is 6.06. The molecule has 9 heteroatoms. The Morgan fingerprint density at radius 3 is 2.50 bits per heavy atom. The molecule has 0 bridgehead atoms. The molecule has 1 spiro atoms. The van der Waals surface area contributed by atoms with Crippen LogP contribution < -0.4 is 10.6 Å². The summed E-state index contributed by atoms with van der Waals surface area (Å²) in [6.07, 6.45) is 1.26. The smallest absolute Gasteiger partial charge is 0.237 e. The van der Waals surface area contributed by atoms with Crippen LogP contribution in [0.15, 0.2) is 36.4 Å². The molecule has 1 fully saturated rings. The topological polar surface area (TPSA) is 98.7 Å². The van der Waals surface area contributed by atoms with Gasteiger partial charge in [0.05, 0.1) is 23.3 Å². The van der Waals surface area contributed by atoms with Crippen molar-refractivity contribution < 1.29 is 24.2 Å². The van der Waals surface area contributed by atoms with Gasteiger partial charge in [0, 0.05) is 29.1 Å². The first-order chi connectivity index (χ1) is 17.7. The quantitative estimate of drug-likeness (QED) is 0.345. The van der Waals surface area contributed by atoms with Gasteiger partial charge in [-0.3, -0.25) is 9.59 Å². The number of halogens is 3. The molecule has 6 nitrogen and oxygen atoms in total. The van der Waals surface area contributed by atoms with Gasteiger partial charge >= 0.3 is 0 Å². The summed E-state index contributed by atoms with van der Waals surface area (Å²) in [4.78, 5) is 27.9. The van der Waals surface area contributed by atoms with Gasteiger partial charge < -0.3 is 20.8 Å². The Hall–Kier alpha value is -2.03. The third kappa shape index (κ3) is 5.36. The van der Waals surface area contributed by atoms with Crippen LogP contribution in [0.4, 0.5) is 10.1 Å². The normalized spacial score (nSPS) is 26.3. The number of nitrogens with one attached hydrogen (secondary N) is 2. The number of aliphatic hydroxyl groups excluding tert-OH is 1. The number of carbonyl (C=O) groups excluding carboxylic acids is 2. The van der Waals surface area contributed by atoms with E-state index in [-0.39, 0.29) is 35.0 Å². The molecular weight excluding hydrogens is 530 g/mol. The van der Waals surface area contributed by atoms with Gasteiger partial charge in [-0.05, 0) is 67.0 Å². The van der Waals surface area contributed by atoms with Crippen molar-refractivity contribution >= 4 is 40.6 Å². The number of benzene rings is 2. The highest BCUT2D eigenvalue weighted by molar-refractivity contribution is 6.31. The van der Waals surface area contributed by atoms with E-state index in [9.17, 15) is 24.2 Å². The van der Waals surface area contributed by atoms with Crippen molar-refractivity contribution in [2.45, 2.75) is 82.4 Å². The minimum Gasteiger partial charge on any atom is -0.393 e. The van der Waals surface area contributed by atoms with Crippen molar-refractivity contribution in [2.24, 2.45) is 5.41 Å². The van der Waals surface area contributed by atoms with Crippen LogP contribution >= 0.6 is 23.2 Å². The summed E-state index contributed by atoms with van der Waals surface area (Å²) in [5.74, 6) is -1.77. The molecule has 2 aromatic rings. The number of amides is 1. The number of hydrogen-bond donors (Lipinski definition) is 4. The second-order valence-corrected chi connectivity index (χ2v) is 12.9. The summed E-state index contributed by atoms with van der Waals surface area (Å²) in [7, 11) is 0. The summed E-state index contributed by atoms with van der Waals surface area (Å²) in [6.45, 7) is 7.28. The Bertz CT molecular complexity index is 1250. The molecule has 0 aromatic heterocycles. The van der Waals surface area contributed by atoms with Gasteiger partial charge in [0.1, 0.15) is 17.0 Å². The van der Waals surface area contributed by atoms with Crippen molar-refractivity contribution in [3.8, 4) is 0 Å². The van der Waals surface area contributed by atoms with Crippen LogP contribution in [-0.2, 0) is 15.0 Å². The van der Waals surface area contributed by atoms with Crippen molar-refractivity contribution in [3.63, 3.8) is 0 Å². The molecule has 2 aromatic carbocycles. The largest absolute Gasteiger partial charge is 0.393 e. The van der Waals surface area contributed by atoms with Gasteiger partial charge in [0.25, 0.3) is 0 Å². The number of Topliss-reactive ketones (excluding diaryl/α,β-unsaturated/α-hetero) is 1. The maximum atomic E-state index is 14.9. The Labute approximate surface area is 232 Å². The maximum absolute atomic E-state index is 14.9. The summed E-state index contributed by atoms with van der Waals surface area (Å²) in [5.41, 5.74) is -1.21. The van der Waals surface area contributed by atoms with Gasteiger partial charge in [0.2, 0.25) is 5.91 Å². The van der Waals surface area contributed by atoms with E-state index in [0.29, 0.717) is 34.7 Å². The van der Waals surface area contributed by atoms with Crippen LogP contribution in [0.3, 0.4) is 0 Å². The average molecular weight is 566 g/mol. The van der Waals surface area contributed by atoms with E-state index in [4.69, 9.17) is 23.2 Å². The minimum absolute atomic E-state index is 0.0951. The number of ketones is 1. The highest BCUT2D eigenvalue weighted by Crippen LogP contribution is 2.57. The molecule has 0 radical (unpaired) electrons. The molecular formula is C29H35Cl2FN2O4. The Morgan fingerprint density at radius 2 is 1.87 bits per heavy atom. The molecule has 5 atom stereocenters. The summed E-state index contributed by atoms with van der Waals surface area (Å²) in [5, 5.41) is 26.4. The zero-order chi connectivity index (χ0) is 28.0. The summed E-state index contributed by atoms with van der Waals surface area (Å²) in [6, 6.07) is 8.57. The summed E-state index contributed by atoms with van der Waals surface area (Å²) < 4.78 is 14.9. The van der Waals surface area contributed by atoms with E-state index < -0.39 is 41.4 Å². The standard InChI is InChI=1S/C29H35Cl2FN2O4/c1-27(2,3)14-23-29(18-12-20(32)19(31)13-21(18)33-26(29)37)24(16-7-5-8-17(30)11-16)25(34-23)22(36)9-6-10-28(4,38)15-35/h5,7-8,11-13,23-25,34-35,38H,6,9-10,14-15H2,1-4H3,(H,33,37)/t23-,24+,25+,28+,29+/m1/s1. The first kappa shape index (κ1) is 29.0. The predicted molar refractivity (Wildman–Crippen MR) is 147 cm³/mol. The fourth-order valence-corrected chi connectivity index (χ4v) is 6.43. The first-order valence-corrected chi connectivity index (χ1v) is 13.6. The van der Waals surface area contributed by atoms with E-state index in [0.717, 1.165) is 0 Å². The van der Waals surface area contributed by atoms with Gasteiger partial charge in [-0.2, -0.15) is 0 Å². The molecule has 4 N–H and O–H groups in total. The van der Waals surface area contributed by atoms with Gasteiger partial charge in [-0.25, -0.2) is 4.39 Å². The zero-order valence-electron chi connectivity index (χ0n) is 22.1. The molecule has 0 aliphatic carbocycles. The lowest BCUT2D eigenvalue weighted by Crippen LogP contribution is -2.49. The third-order valence-corrected chi connectivity index (χ3v) is 8.26. The van der Waals surface area contributed by atoms with Gasteiger partial charge in [0.15, 0.2) is 0 Å². The Balaban J connectivity index is 1.87. The number of aliphatic hydroxyl groups is 2. The van der Waals surface area contributed by atoms with Crippen LogP contribution in [0.25, 0.3) is 0 Å². The monoisotopic (exact) mass is 564 g/mol. The fraction of sp³-hybridized carbons (Fsp3) is 0.517. The van der Waals surface area contributed by atoms with Crippen LogP contribution in [0, 0.1) is 11.2 Å². The lowest BCUT2D eigenvalue weighted by Gasteiger charge is -2.37. The molecule has 2 aliphatic heterocycles. The average Bonchev–Trinajstić information content (AvgIpc) is 3.28. The van der Waals surface area contributed by atoms with E-state index in [1.807, 2.05) is 6.07 Å². The predicted octanol–water partition coefficient (Wildman–Crippen LogP) is 5.37. The molecule has 4 rings (SSSR count). The van der Waals surface area contributed by atoms with E-state index in [1.165, 1.54) is 19.1 Å². The van der Waals surface area contributed by atoms with Crippen molar-refractivity contribution in [1.29, 1.82) is 0 Å². The second-order valence-electron chi connectivity index (χ2n) is 12.1. The number of fused-ring (bicyclic) bond motifs is 2. The number of hydrogen-bond acceptors (Lipinski definition) is 5. The lowest BCUT2D eigenvalue weighted by molar-refractivity contribution is -0.122. The summed E-state index contributed by atoms with van der Waals surface area (Å²) >= 11 is 12.5. The first-order valence-electron chi connectivity index (χ1n) is 12.9. The maximum Gasteiger partial charge on any atom is 0.237 e. The number of anilines is 1. The third-order valence-electron chi connectivity index (χ3n) is 7.73. The molecule has 206 valence electrons. The SMILES string of the molecule is CC(C)(C)C[C@H]1N[C@@H](C(=O)CCC[C@](C)(O)CO)[C@H](c2cccc(Cl)c2)[C@@]12C(=O)Nc1cc(Cl)c(F)cc12. The number of rotatable bonds is 8. The molecule has 1 saturated heterocycles. The van der Waals surface area contributed by atoms with Crippen LogP contribution in [0.1, 0.15) is 70.4 Å². The highest BCUT2D eigenvalue weighted by Gasteiger charge is 2.65. The van der Waals surface area contributed by atoms with Gasteiger partial charge in [-0.15, -0.1) is 0 Å². The highest BCUT2D eigenvalue weighted by atomic mass is 35.5. The lowest BCUT2D eigenvalue weighted by atomic mass is 9.62. The molecule has 0 unspecified atom stereocenters. The van der Waals surface area contributed by atoms with Crippen LogP contribution in [0.5, 0.6) is 0 Å². The molecule has 1 amide bonds. The molecule has 38 heavy (non-hydrogen) atoms. The van der Waals surface area contributed by atoms with Crippen molar-refractivity contribution in [3.05, 3.63) is 63.4 Å². The minimum atomic E-state index is -1.30. The Morgan fingerprint density at radius 1 is 1.16 bits per heavy atom. The van der Waals surface area contributed by atoms with E-state index in [2.05, 4.69) is 31.4 Å². The molecule has 2 heterocycles. The van der Waals surface area contributed by atoms with E-state index >= 15 is 0 Å². The number of carbonyl (C=O) groups is 2. The van der Waals surface area contributed by atoms with Crippen molar-refractivity contribution in [2.75, 3.05) is 11.9 Å². The van der Waals surface area contributed by atoms with Gasteiger partial charge in [-0.1, -0.05) is 56.1 Å². The van der Waals surface area contributed by atoms with Crippen LogP contribution in [0.2, 0.25) is 10.0 Å². The van der Waals surface area contributed by atoms with E-state index in [1.54, 1.807) is 18.2 Å². The molecule has 2 aliphatic rings. The van der Waals surface area contributed by atoms with Crippen LogP contribution in [-0.4, -0.2) is 46.2 Å². The Kier molecular flexibility index (Phi) is 8.01. The molecule has 0 saturated carbocycles. The van der Waals surface area contributed by atoms with Crippen molar-refractivity contribution in [1.82, 2.24) is 5.32 Å².